The molecule has 1 saturated heterocycles. The van der Waals surface area contributed by atoms with Crippen molar-refractivity contribution in [2.24, 2.45) is 5.92 Å². The summed E-state index contributed by atoms with van der Waals surface area (Å²) < 4.78 is 71.0. The van der Waals surface area contributed by atoms with E-state index in [1.54, 1.807) is 0 Å². The predicted octanol–water partition coefficient (Wildman–Crippen LogP) is 7.63. The Kier molecular flexibility index (Phi) is 7.55. The Labute approximate surface area is 192 Å². The van der Waals surface area contributed by atoms with Crippen molar-refractivity contribution < 1.29 is 27.0 Å². The second-order valence-corrected chi connectivity index (χ2v) is 9.00. The molecule has 2 fully saturated rings. The predicted molar refractivity (Wildman–Crippen MR) is 120 cm³/mol. The van der Waals surface area contributed by atoms with E-state index in [2.05, 4.69) is 6.58 Å². The van der Waals surface area contributed by atoms with Gasteiger partial charge in [0.05, 0.1) is 6.61 Å². The molecule has 1 aliphatic heterocycles. The molecule has 0 aromatic heterocycles. The second-order valence-electron chi connectivity index (χ2n) is 9.00. The molecule has 2 unspecified atom stereocenters. The van der Waals surface area contributed by atoms with E-state index in [1.807, 2.05) is 13.0 Å². The van der Waals surface area contributed by atoms with Gasteiger partial charge in [-0.25, -0.2) is 17.6 Å². The fourth-order valence-corrected chi connectivity index (χ4v) is 5.13. The maximum atomic E-state index is 15.0. The van der Waals surface area contributed by atoms with Crippen LogP contribution < -0.4 is 0 Å². The highest BCUT2D eigenvalue weighted by atomic mass is 19.2. The number of ether oxygens (including phenoxy) is 2. The molecule has 0 bridgehead atoms. The summed E-state index contributed by atoms with van der Waals surface area (Å²) in [5.74, 6) is -4.31. The molecule has 1 heterocycles. The van der Waals surface area contributed by atoms with Crippen molar-refractivity contribution in [3.8, 4) is 11.1 Å². The summed E-state index contributed by atoms with van der Waals surface area (Å²) in [6.07, 6.45) is 6.01. The third kappa shape index (κ3) is 4.87. The number of hydrogen-bond donors (Lipinski definition) is 0. The van der Waals surface area contributed by atoms with E-state index in [4.69, 9.17) is 9.47 Å². The van der Waals surface area contributed by atoms with Gasteiger partial charge in [0.15, 0.2) is 29.6 Å². The van der Waals surface area contributed by atoms with Gasteiger partial charge in [-0.05, 0) is 68.4 Å². The van der Waals surface area contributed by atoms with Crippen LogP contribution in [0.1, 0.15) is 68.4 Å². The average molecular weight is 463 g/mol. The third-order valence-electron chi connectivity index (χ3n) is 7.09. The molecule has 1 saturated carbocycles. The monoisotopic (exact) mass is 462 g/mol. The van der Waals surface area contributed by atoms with Crippen LogP contribution in [0.4, 0.5) is 17.6 Å². The van der Waals surface area contributed by atoms with E-state index >= 15 is 8.78 Å². The summed E-state index contributed by atoms with van der Waals surface area (Å²) in [6.45, 7) is 6.41. The van der Waals surface area contributed by atoms with Crippen molar-refractivity contribution in [3.63, 3.8) is 0 Å². The molecule has 2 nitrogen and oxygen atoms in total. The van der Waals surface area contributed by atoms with Crippen molar-refractivity contribution in [1.82, 2.24) is 0 Å². The number of hydrogen-bond acceptors (Lipinski definition) is 2. The van der Waals surface area contributed by atoms with Gasteiger partial charge in [-0.2, -0.15) is 0 Å². The standard InChI is InChI=1S/C27H30F4O2/c1-3-16-5-7-17(8-6-16)19-10-12-21(26(30)24(19)28)22-13-11-20(25(29)27(22)31)18-9-14-23(32-4-2)33-15-18/h3,10-13,16-18,23H,1,4-9,14-15H2,2H3. The van der Waals surface area contributed by atoms with Gasteiger partial charge in [0.25, 0.3) is 0 Å². The largest absolute Gasteiger partial charge is 0.353 e. The Balaban J connectivity index is 1.56. The molecule has 2 atom stereocenters. The first kappa shape index (κ1) is 24.0. The maximum absolute atomic E-state index is 15.0. The minimum absolute atomic E-state index is 0.0828. The number of benzene rings is 2. The van der Waals surface area contributed by atoms with Gasteiger partial charge in [0.2, 0.25) is 0 Å². The minimum atomic E-state index is -1.17. The Morgan fingerprint density at radius 2 is 1.36 bits per heavy atom. The molecule has 1 aliphatic carbocycles. The average Bonchev–Trinajstić information content (AvgIpc) is 2.84. The lowest BCUT2D eigenvalue weighted by molar-refractivity contribution is -0.164. The van der Waals surface area contributed by atoms with Gasteiger partial charge in [0, 0.05) is 23.7 Å². The highest BCUT2D eigenvalue weighted by Gasteiger charge is 2.29. The van der Waals surface area contributed by atoms with Crippen LogP contribution in [0.15, 0.2) is 36.9 Å². The maximum Gasteiger partial charge on any atom is 0.167 e. The van der Waals surface area contributed by atoms with E-state index in [0.29, 0.717) is 30.9 Å². The quantitative estimate of drug-likeness (QED) is 0.325. The molecular formula is C27H30F4O2. The Hall–Kier alpha value is -2.18. The SMILES string of the molecule is C=CC1CCC(c2ccc(-c3ccc(C4CCC(OCC)OC4)c(F)c3F)c(F)c2F)CC1. The van der Waals surface area contributed by atoms with Gasteiger partial charge in [-0.3, -0.25) is 0 Å². The Morgan fingerprint density at radius 1 is 0.818 bits per heavy atom. The van der Waals surface area contributed by atoms with Crippen LogP contribution in [-0.4, -0.2) is 19.5 Å². The van der Waals surface area contributed by atoms with Crippen LogP contribution in [0, 0.1) is 29.2 Å². The summed E-state index contributed by atoms with van der Waals surface area (Å²) in [6, 6.07) is 5.65. The lowest BCUT2D eigenvalue weighted by Gasteiger charge is -2.29. The number of rotatable bonds is 6. The Bertz CT molecular complexity index is 990. The molecule has 2 aliphatic rings. The van der Waals surface area contributed by atoms with Crippen molar-refractivity contribution in [3.05, 3.63) is 71.3 Å². The van der Waals surface area contributed by atoms with Crippen LogP contribution in [0.3, 0.4) is 0 Å². The molecule has 6 heteroatoms. The zero-order chi connectivity index (χ0) is 23.5. The van der Waals surface area contributed by atoms with Crippen LogP contribution in [0.2, 0.25) is 0 Å². The zero-order valence-electron chi connectivity index (χ0n) is 18.9. The zero-order valence-corrected chi connectivity index (χ0v) is 18.9. The van der Waals surface area contributed by atoms with E-state index in [9.17, 15) is 8.78 Å². The summed E-state index contributed by atoms with van der Waals surface area (Å²) in [7, 11) is 0. The molecule has 0 amide bonds. The van der Waals surface area contributed by atoms with Crippen molar-refractivity contribution in [1.29, 1.82) is 0 Å². The topological polar surface area (TPSA) is 18.5 Å². The molecule has 0 spiro atoms. The molecule has 33 heavy (non-hydrogen) atoms. The highest BCUT2D eigenvalue weighted by Crippen LogP contribution is 2.40. The lowest BCUT2D eigenvalue weighted by atomic mass is 9.78. The molecule has 4 rings (SSSR count). The smallest absolute Gasteiger partial charge is 0.167 e. The first-order chi connectivity index (χ1) is 15.9. The fourth-order valence-electron chi connectivity index (χ4n) is 5.13. The molecule has 0 N–H and O–H groups in total. The molecule has 178 valence electrons. The van der Waals surface area contributed by atoms with Crippen molar-refractivity contribution >= 4 is 0 Å². The lowest BCUT2D eigenvalue weighted by Crippen LogP contribution is -2.27. The van der Waals surface area contributed by atoms with Crippen molar-refractivity contribution in [2.45, 2.75) is 63.6 Å². The summed E-state index contributed by atoms with van der Waals surface area (Å²) in [5, 5.41) is 0. The fraction of sp³-hybridized carbons (Fsp3) is 0.481. The molecule has 2 aromatic rings. The van der Waals surface area contributed by atoms with Gasteiger partial charge in [-0.1, -0.05) is 30.3 Å². The Morgan fingerprint density at radius 3 is 1.85 bits per heavy atom. The second kappa shape index (κ2) is 10.4. The van der Waals surface area contributed by atoms with Crippen LogP contribution >= 0.6 is 0 Å². The normalized spacial score (nSPS) is 25.7. The summed E-state index contributed by atoms with van der Waals surface area (Å²) in [4.78, 5) is 0. The first-order valence-electron chi connectivity index (χ1n) is 11.8. The summed E-state index contributed by atoms with van der Waals surface area (Å²) >= 11 is 0. The number of halogens is 4. The van der Waals surface area contributed by atoms with Crippen molar-refractivity contribution in [2.75, 3.05) is 13.2 Å². The van der Waals surface area contributed by atoms with Gasteiger partial charge < -0.3 is 9.47 Å². The first-order valence-corrected chi connectivity index (χ1v) is 11.8. The van der Waals surface area contributed by atoms with E-state index in [-0.39, 0.29) is 41.4 Å². The summed E-state index contributed by atoms with van der Waals surface area (Å²) in [5.41, 5.74) is -0.0593. The molecular weight excluding hydrogens is 432 g/mol. The van der Waals surface area contributed by atoms with Gasteiger partial charge in [0.1, 0.15) is 0 Å². The minimum Gasteiger partial charge on any atom is -0.353 e. The van der Waals surface area contributed by atoms with Crippen LogP contribution in [0.25, 0.3) is 11.1 Å². The highest BCUT2D eigenvalue weighted by molar-refractivity contribution is 5.66. The van der Waals surface area contributed by atoms with Crippen LogP contribution in [0.5, 0.6) is 0 Å². The van der Waals surface area contributed by atoms with Gasteiger partial charge in [-0.15, -0.1) is 6.58 Å². The molecule has 0 radical (unpaired) electrons. The molecule has 2 aromatic carbocycles. The third-order valence-corrected chi connectivity index (χ3v) is 7.09. The van der Waals surface area contributed by atoms with Crippen LogP contribution in [-0.2, 0) is 9.47 Å². The number of allylic oxidation sites excluding steroid dienone is 1. The van der Waals surface area contributed by atoms with E-state index < -0.39 is 23.3 Å². The van der Waals surface area contributed by atoms with E-state index in [1.165, 1.54) is 24.3 Å². The van der Waals surface area contributed by atoms with E-state index in [0.717, 1.165) is 25.7 Å². The van der Waals surface area contributed by atoms with Gasteiger partial charge >= 0.3 is 0 Å².